The number of aromatic nitrogens is 2. The van der Waals surface area contributed by atoms with Crippen molar-refractivity contribution in [3.05, 3.63) is 30.3 Å². The van der Waals surface area contributed by atoms with Crippen LogP contribution in [0.5, 0.6) is 0 Å². The lowest BCUT2D eigenvalue weighted by atomic mass is 9.94. The molecular formula is C15H19FN3O2P. The standard InChI is InChI=1S/C15H19FN3O2P/c16-12-2-1-3-13-14(12)15(18-10-17-13)19-7-4-11(5-8-19)6-9-22(20)21/h1-3,10-11,20-21H,4-9H2. The van der Waals surface area contributed by atoms with Crippen LogP contribution in [0.4, 0.5) is 10.2 Å². The van der Waals surface area contributed by atoms with Gasteiger partial charge >= 0.3 is 0 Å². The predicted molar refractivity (Wildman–Crippen MR) is 85.3 cm³/mol. The fourth-order valence-corrected chi connectivity index (χ4v) is 3.62. The molecule has 118 valence electrons. The van der Waals surface area contributed by atoms with Crippen LogP contribution in [-0.4, -0.2) is 39.0 Å². The van der Waals surface area contributed by atoms with Crippen LogP contribution in [0.25, 0.3) is 10.9 Å². The topological polar surface area (TPSA) is 69.5 Å². The van der Waals surface area contributed by atoms with Crippen LogP contribution < -0.4 is 4.90 Å². The summed E-state index contributed by atoms with van der Waals surface area (Å²) in [5.74, 6) is 0.869. The van der Waals surface area contributed by atoms with Gasteiger partial charge in [-0.1, -0.05) is 6.07 Å². The van der Waals surface area contributed by atoms with Crippen LogP contribution in [0.3, 0.4) is 0 Å². The Morgan fingerprint density at radius 1 is 1.23 bits per heavy atom. The molecule has 2 N–H and O–H groups in total. The van der Waals surface area contributed by atoms with Crippen molar-refractivity contribution in [3.8, 4) is 0 Å². The minimum absolute atomic E-state index is 0.290. The highest BCUT2D eigenvalue weighted by molar-refractivity contribution is 7.45. The van der Waals surface area contributed by atoms with Crippen LogP contribution in [0.15, 0.2) is 24.5 Å². The van der Waals surface area contributed by atoms with Gasteiger partial charge in [0, 0.05) is 19.3 Å². The average Bonchev–Trinajstić information content (AvgIpc) is 2.53. The molecule has 0 saturated carbocycles. The van der Waals surface area contributed by atoms with Gasteiger partial charge in [-0.3, -0.25) is 0 Å². The van der Waals surface area contributed by atoms with Gasteiger partial charge < -0.3 is 14.7 Å². The smallest absolute Gasteiger partial charge is 0.164 e. The Bertz CT molecular complexity index is 642. The molecule has 0 spiro atoms. The van der Waals surface area contributed by atoms with E-state index in [4.69, 9.17) is 9.79 Å². The van der Waals surface area contributed by atoms with Crippen molar-refractivity contribution in [2.45, 2.75) is 19.3 Å². The van der Waals surface area contributed by atoms with E-state index in [1.807, 2.05) is 0 Å². The molecule has 7 heteroatoms. The molecule has 0 unspecified atom stereocenters. The number of piperidine rings is 1. The normalized spacial score (nSPS) is 16.6. The van der Waals surface area contributed by atoms with Gasteiger partial charge in [0.05, 0.1) is 10.9 Å². The van der Waals surface area contributed by atoms with Crippen LogP contribution in [0.1, 0.15) is 19.3 Å². The first kappa shape index (κ1) is 15.5. The number of benzene rings is 1. The molecule has 22 heavy (non-hydrogen) atoms. The molecule has 1 fully saturated rings. The highest BCUT2D eigenvalue weighted by Gasteiger charge is 2.23. The maximum atomic E-state index is 14.1. The van der Waals surface area contributed by atoms with E-state index in [-0.39, 0.29) is 5.82 Å². The van der Waals surface area contributed by atoms with Crippen LogP contribution >= 0.6 is 8.38 Å². The van der Waals surface area contributed by atoms with Crippen molar-refractivity contribution < 1.29 is 14.2 Å². The minimum atomic E-state index is -1.79. The Labute approximate surface area is 129 Å². The lowest BCUT2D eigenvalue weighted by Crippen LogP contribution is -2.34. The third kappa shape index (κ3) is 3.35. The quantitative estimate of drug-likeness (QED) is 0.847. The fraction of sp³-hybridized carbons (Fsp3) is 0.467. The van der Waals surface area contributed by atoms with Crippen molar-refractivity contribution in [2.24, 2.45) is 5.92 Å². The molecule has 1 aromatic carbocycles. The van der Waals surface area contributed by atoms with Gasteiger partial charge in [0.15, 0.2) is 8.38 Å². The van der Waals surface area contributed by atoms with E-state index >= 15 is 0 Å². The molecule has 0 amide bonds. The minimum Gasteiger partial charge on any atom is -0.356 e. The van der Waals surface area contributed by atoms with E-state index in [9.17, 15) is 4.39 Å². The molecule has 0 aliphatic carbocycles. The SMILES string of the molecule is OP(O)CCC1CCN(c2ncnc3cccc(F)c23)CC1. The van der Waals surface area contributed by atoms with E-state index in [1.54, 1.807) is 12.1 Å². The lowest BCUT2D eigenvalue weighted by Gasteiger charge is -2.33. The summed E-state index contributed by atoms with van der Waals surface area (Å²) in [6.45, 7) is 1.61. The number of hydrogen-bond acceptors (Lipinski definition) is 5. The molecule has 2 aromatic rings. The summed E-state index contributed by atoms with van der Waals surface area (Å²) in [5, 5.41) is 0.484. The summed E-state index contributed by atoms with van der Waals surface area (Å²) in [4.78, 5) is 28.5. The summed E-state index contributed by atoms with van der Waals surface area (Å²) in [7, 11) is -1.79. The number of fused-ring (bicyclic) bond motifs is 1. The molecular weight excluding hydrogens is 304 g/mol. The van der Waals surface area contributed by atoms with Crippen molar-refractivity contribution in [2.75, 3.05) is 24.2 Å². The zero-order valence-corrected chi connectivity index (χ0v) is 13.1. The van der Waals surface area contributed by atoms with Crippen LogP contribution in [0, 0.1) is 11.7 Å². The van der Waals surface area contributed by atoms with Crippen molar-refractivity contribution in [1.29, 1.82) is 0 Å². The zero-order chi connectivity index (χ0) is 15.5. The van der Waals surface area contributed by atoms with Gasteiger partial charge in [0.1, 0.15) is 18.0 Å². The summed E-state index contributed by atoms with van der Waals surface area (Å²) in [5.41, 5.74) is 0.623. The second-order valence-corrected chi connectivity index (χ2v) is 6.84. The molecule has 0 atom stereocenters. The molecule has 0 radical (unpaired) electrons. The second-order valence-electron chi connectivity index (χ2n) is 5.65. The number of halogens is 1. The summed E-state index contributed by atoms with van der Waals surface area (Å²) in [6.07, 6.45) is 4.72. The Morgan fingerprint density at radius 2 is 2.00 bits per heavy atom. The molecule has 1 aliphatic heterocycles. The third-order valence-corrected chi connectivity index (χ3v) is 4.90. The molecule has 0 bridgehead atoms. The zero-order valence-electron chi connectivity index (χ0n) is 12.2. The predicted octanol–water partition coefficient (Wildman–Crippen LogP) is 2.67. The maximum Gasteiger partial charge on any atom is 0.164 e. The van der Waals surface area contributed by atoms with Crippen LogP contribution in [-0.2, 0) is 0 Å². The second kappa shape index (κ2) is 6.82. The first-order valence-corrected chi connectivity index (χ1v) is 8.88. The maximum absolute atomic E-state index is 14.1. The van der Waals surface area contributed by atoms with Gasteiger partial charge in [0.2, 0.25) is 0 Å². The van der Waals surface area contributed by atoms with Crippen LogP contribution in [0.2, 0.25) is 0 Å². The molecule has 5 nitrogen and oxygen atoms in total. The van der Waals surface area contributed by atoms with Gasteiger partial charge in [0.25, 0.3) is 0 Å². The summed E-state index contributed by atoms with van der Waals surface area (Å²) >= 11 is 0. The molecule has 2 heterocycles. The van der Waals surface area contributed by atoms with E-state index in [0.29, 0.717) is 28.8 Å². The fourth-order valence-electron chi connectivity index (χ4n) is 3.02. The Morgan fingerprint density at radius 3 is 2.73 bits per heavy atom. The Balaban J connectivity index is 1.74. The number of anilines is 1. The monoisotopic (exact) mass is 323 g/mol. The van der Waals surface area contributed by atoms with E-state index < -0.39 is 8.38 Å². The first-order chi connectivity index (χ1) is 10.6. The van der Waals surface area contributed by atoms with Gasteiger partial charge in [-0.2, -0.15) is 0 Å². The molecule has 1 aromatic heterocycles. The van der Waals surface area contributed by atoms with E-state index in [0.717, 1.165) is 32.4 Å². The molecule has 1 saturated heterocycles. The van der Waals surface area contributed by atoms with E-state index in [2.05, 4.69) is 14.9 Å². The van der Waals surface area contributed by atoms with Gasteiger partial charge in [-0.25, -0.2) is 14.4 Å². The molecule has 3 rings (SSSR count). The largest absolute Gasteiger partial charge is 0.356 e. The van der Waals surface area contributed by atoms with Crippen molar-refractivity contribution in [1.82, 2.24) is 9.97 Å². The van der Waals surface area contributed by atoms with E-state index in [1.165, 1.54) is 12.4 Å². The summed E-state index contributed by atoms with van der Waals surface area (Å²) in [6, 6.07) is 4.89. The number of rotatable bonds is 4. The lowest BCUT2D eigenvalue weighted by molar-refractivity contribution is 0.386. The van der Waals surface area contributed by atoms with Gasteiger partial charge in [-0.05, 0) is 37.3 Å². The molecule has 1 aliphatic rings. The highest BCUT2D eigenvalue weighted by Crippen LogP contribution is 2.32. The highest BCUT2D eigenvalue weighted by atomic mass is 31.2. The third-order valence-electron chi connectivity index (χ3n) is 4.24. The number of nitrogens with zero attached hydrogens (tertiary/aromatic N) is 3. The van der Waals surface area contributed by atoms with Gasteiger partial charge in [-0.15, -0.1) is 0 Å². The average molecular weight is 323 g/mol. The number of hydrogen-bond donors (Lipinski definition) is 2. The van der Waals surface area contributed by atoms with Crippen molar-refractivity contribution in [3.63, 3.8) is 0 Å². The first-order valence-electron chi connectivity index (χ1n) is 7.44. The Kier molecular flexibility index (Phi) is 4.81. The summed E-state index contributed by atoms with van der Waals surface area (Å²) < 4.78 is 14.1. The van der Waals surface area contributed by atoms with Crippen molar-refractivity contribution >= 4 is 25.1 Å². The Hall–Kier alpha value is -1.36.